The van der Waals surface area contributed by atoms with Crippen LogP contribution in [0.15, 0.2) is 18.2 Å². The molecule has 0 amide bonds. The van der Waals surface area contributed by atoms with Crippen molar-refractivity contribution in [3.05, 3.63) is 23.8 Å². The van der Waals surface area contributed by atoms with Crippen LogP contribution in [0.1, 0.15) is 10.4 Å². The number of nitrogens with two attached hydrogens (primary N) is 1. The number of carboxylic acid groups (broad SMARTS) is 1. The Labute approximate surface area is 81.2 Å². The second-order valence-corrected chi connectivity index (χ2v) is 2.75. The Hall–Kier alpha value is -1.75. The predicted octanol–water partition coefficient (Wildman–Crippen LogP) is 0.461. The largest absolute Gasteiger partial charge is 0.507 e. The van der Waals surface area contributed by atoms with E-state index in [0.717, 1.165) is 0 Å². The molecule has 1 aromatic rings. The minimum absolute atomic E-state index is 0.108. The van der Waals surface area contributed by atoms with E-state index in [4.69, 9.17) is 10.8 Å². The highest BCUT2D eigenvalue weighted by Gasteiger charge is 2.08. The van der Waals surface area contributed by atoms with E-state index in [1.807, 2.05) is 0 Å². The summed E-state index contributed by atoms with van der Waals surface area (Å²) in [6.45, 7) is 1.05. The van der Waals surface area contributed by atoms with Crippen LogP contribution in [0.3, 0.4) is 0 Å². The summed E-state index contributed by atoms with van der Waals surface area (Å²) in [5.41, 5.74) is 5.82. The molecule has 76 valence electrons. The van der Waals surface area contributed by atoms with Gasteiger partial charge in [-0.25, -0.2) is 4.79 Å². The molecule has 1 aromatic carbocycles. The molecule has 0 fully saturated rings. The fourth-order valence-electron chi connectivity index (χ4n) is 1.04. The highest BCUT2D eigenvalue weighted by atomic mass is 16.4. The molecule has 0 aliphatic rings. The van der Waals surface area contributed by atoms with E-state index in [9.17, 15) is 9.90 Å². The summed E-state index contributed by atoms with van der Waals surface area (Å²) in [7, 11) is 0. The summed E-state index contributed by atoms with van der Waals surface area (Å²) in [4.78, 5) is 10.5. The number of nitrogens with one attached hydrogen (secondary N) is 1. The maximum atomic E-state index is 10.5. The smallest absolute Gasteiger partial charge is 0.339 e. The van der Waals surface area contributed by atoms with Gasteiger partial charge in [0.2, 0.25) is 0 Å². The first-order chi connectivity index (χ1) is 6.65. The fraction of sp³-hybridized carbons (Fsp3) is 0.222. The number of hydrogen-bond donors (Lipinski definition) is 4. The summed E-state index contributed by atoms with van der Waals surface area (Å²) < 4.78 is 0. The quantitative estimate of drug-likeness (QED) is 0.561. The highest BCUT2D eigenvalue weighted by molar-refractivity contribution is 5.91. The lowest BCUT2D eigenvalue weighted by Crippen LogP contribution is -2.13. The van der Waals surface area contributed by atoms with Gasteiger partial charge in [-0.3, -0.25) is 0 Å². The minimum Gasteiger partial charge on any atom is -0.507 e. The van der Waals surface area contributed by atoms with Crippen LogP contribution in [0.25, 0.3) is 0 Å². The Morgan fingerprint density at radius 2 is 2.21 bits per heavy atom. The van der Waals surface area contributed by atoms with Gasteiger partial charge in [0.1, 0.15) is 11.3 Å². The third kappa shape index (κ3) is 2.37. The molecule has 1 rings (SSSR count). The van der Waals surface area contributed by atoms with E-state index >= 15 is 0 Å². The molecule has 0 aromatic heterocycles. The molecule has 0 bridgehead atoms. The molecule has 0 saturated heterocycles. The van der Waals surface area contributed by atoms with Crippen molar-refractivity contribution >= 4 is 11.7 Å². The van der Waals surface area contributed by atoms with Crippen LogP contribution in [0.2, 0.25) is 0 Å². The summed E-state index contributed by atoms with van der Waals surface area (Å²) in [6, 6.07) is 4.29. The highest BCUT2D eigenvalue weighted by Crippen LogP contribution is 2.21. The van der Waals surface area contributed by atoms with Crippen molar-refractivity contribution in [1.82, 2.24) is 0 Å². The van der Waals surface area contributed by atoms with Crippen LogP contribution in [0, 0.1) is 0 Å². The van der Waals surface area contributed by atoms with Gasteiger partial charge in [0.05, 0.1) is 0 Å². The molecule has 14 heavy (non-hydrogen) atoms. The van der Waals surface area contributed by atoms with E-state index in [2.05, 4.69) is 5.32 Å². The minimum atomic E-state index is -1.15. The zero-order chi connectivity index (χ0) is 10.6. The van der Waals surface area contributed by atoms with Crippen LogP contribution in [0.5, 0.6) is 5.75 Å². The molecule has 0 atom stereocenters. The van der Waals surface area contributed by atoms with E-state index in [1.54, 1.807) is 6.07 Å². The molecule has 0 spiro atoms. The van der Waals surface area contributed by atoms with Crippen LogP contribution in [0.4, 0.5) is 5.69 Å². The summed E-state index contributed by atoms with van der Waals surface area (Å²) in [5.74, 6) is -1.40. The number of benzene rings is 1. The van der Waals surface area contributed by atoms with Gasteiger partial charge < -0.3 is 21.3 Å². The average Bonchev–Trinajstić information content (AvgIpc) is 2.14. The van der Waals surface area contributed by atoms with Gasteiger partial charge in [-0.05, 0) is 12.1 Å². The monoisotopic (exact) mass is 196 g/mol. The number of phenols is 1. The molecule has 0 unspecified atom stereocenters. The normalized spacial score (nSPS) is 9.79. The van der Waals surface area contributed by atoms with E-state index in [-0.39, 0.29) is 11.3 Å². The Morgan fingerprint density at radius 1 is 1.50 bits per heavy atom. The molecule has 0 radical (unpaired) electrons. The van der Waals surface area contributed by atoms with Crippen molar-refractivity contribution in [2.24, 2.45) is 5.73 Å². The summed E-state index contributed by atoms with van der Waals surface area (Å²) >= 11 is 0. The molecule has 5 heteroatoms. The van der Waals surface area contributed by atoms with Crippen molar-refractivity contribution < 1.29 is 15.0 Å². The van der Waals surface area contributed by atoms with Crippen molar-refractivity contribution in [2.45, 2.75) is 0 Å². The zero-order valence-electron chi connectivity index (χ0n) is 7.53. The first-order valence-electron chi connectivity index (χ1n) is 4.15. The van der Waals surface area contributed by atoms with Crippen LogP contribution in [-0.2, 0) is 0 Å². The molecule has 5 N–H and O–H groups in total. The van der Waals surface area contributed by atoms with Crippen LogP contribution < -0.4 is 11.1 Å². The Balaban J connectivity index is 2.83. The van der Waals surface area contributed by atoms with Crippen molar-refractivity contribution in [3.8, 4) is 5.75 Å². The second-order valence-electron chi connectivity index (χ2n) is 2.75. The number of carbonyl (C=O) groups is 1. The Kier molecular flexibility index (Phi) is 3.30. The van der Waals surface area contributed by atoms with Gasteiger partial charge >= 0.3 is 5.97 Å². The van der Waals surface area contributed by atoms with E-state index in [0.29, 0.717) is 18.8 Å². The Bertz CT molecular complexity index is 339. The number of carboxylic acids is 1. The van der Waals surface area contributed by atoms with Crippen LogP contribution in [-0.4, -0.2) is 29.3 Å². The number of aromatic hydroxyl groups is 1. The fourth-order valence-corrected chi connectivity index (χ4v) is 1.04. The molecular weight excluding hydrogens is 184 g/mol. The summed E-state index contributed by atoms with van der Waals surface area (Å²) in [5, 5.41) is 20.9. The lowest BCUT2D eigenvalue weighted by atomic mass is 10.2. The van der Waals surface area contributed by atoms with E-state index in [1.165, 1.54) is 12.1 Å². The summed E-state index contributed by atoms with van der Waals surface area (Å²) in [6.07, 6.45) is 0. The predicted molar refractivity (Wildman–Crippen MR) is 52.6 cm³/mol. The van der Waals surface area contributed by atoms with Gasteiger partial charge in [-0.2, -0.15) is 0 Å². The maximum Gasteiger partial charge on any atom is 0.339 e. The standard InChI is InChI=1S/C9H12N2O3/c10-3-4-11-6-1-2-7(9(13)14)8(12)5-6/h1-2,5,11-12H,3-4,10H2,(H,13,14). The van der Waals surface area contributed by atoms with Gasteiger partial charge in [0.15, 0.2) is 0 Å². The third-order valence-corrected chi connectivity index (χ3v) is 1.70. The molecule has 0 saturated carbocycles. The molecular formula is C9H12N2O3. The topological polar surface area (TPSA) is 95.6 Å². The van der Waals surface area contributed by atoms with Crippen molar-refractivity contribution in [3.63, 3.8) is 0 Å². The second kappa shape index (κ2) is 4.48. The number of rotatable bonds is 4. The first-order valence-corrected chi connectivity index (χ1v) is 4.15. The molecule has 5 nitrogen and oxygen atoms in total. The molecule has 0 aliphatic heterocycles. The lowest BCUT2D eigenvalue weighted by molar-refractivity contribution is 0.0694. The number of hydrogen-bond acceptors (Lipinski definition) is 4. The first kappa shape index (κ1) is 10.3. The average molecular weight is 196 g/mol. The van der Waals surface area contributed by atoms with Crippen molar-refractivity contribution in [2.75, 3.05) is 18.4 Å². The maximum absolute atomic E-state index is 10.5. The van der Waals surface area contributed by atoms with Crippen LogP contribution >= 0.6 is 0 Å². The molecule has 0 heterocycles. The lowest BCUT2D eigenvalue weighted by Gasteiger charge is -2.06. The van der Waals surface area contributed by atoms with Crippen molar-refractivity contribution in [1.29, 1.82) is 0 Å². The SMILES string of the molecule is NCCNc1ccc(C(=O)O)c(O)c1. The third-order valence-electron chi connectivity index (χ3n) is 1.70. The number of aromatic carboxylic acids is 1. The zero-order valence-corrected chi connectivity index (χ0v) is 7.53. The van der Waals surface area contributed by atoms with Gasteiger partial charge in [0.25, 0.3) is 0 Å². The van der Waals surface area contributed by atoms with Gasteiger partial charge in [0, 0.05) is 24.8 Å². The Morgan fingerprint density at radius 3 is 2.71 bits per heavy atom. The van der Waals surface area contributed by atoms with E-state index < -0.39 is 5.97 Å². The van der Waals surface area contributed by atoms with Gasteiger partial charge in [-0.15, -0.1) is 0 Å². The molecule has 0 aliphatic carbocycles. The van der Waals surface area contributed by atoms with Gasteiger partial charge in [-0.1, -0.05) is 0 Å². The number of anilines is 1.